The Bertz CT molecular complexity index is 488. The zero-order chi connectivity index (χ0) is 14.3. The number of hydrogen-bond acceptors (Lipinski definition) is 6. The van der Waals surface area contributed by atoms with Crippen LogP contribution in [0.1, 0.15) is 19.8 Å². The molecule has 6 heteroatoms. The molecule has 0 bridgehead atoms. The number of rotatable bonds is 4. The van der Waals surface area contributed by atoms with E-state index in [9.17, 15) is 4.79 Å². The van der Waals surface area contributed by atoms with E-state index in [-0.39, 0.29) is 17.8 Å². The van der Waals surface area contributed by atoms with Crippen molar-refractivity contribution in [2.24, 2.45) is 5.73 Å². The molecule has 1 heterocycles. The predicted octanol–water partition coefficient (Wildman–Crippen LogP) is 0.789. The van der Waals surface area contributed by atoms with Crippen LogP contribution < -0.4 is 5.73 Å². The second-order valence-corrected chi connectivity index (χ2v) is 4.00. The van der Waals surface area contributed by atoms with Gasteiger partial charge in [0.15, 0.2) is 0 Å². The SMILES string of the molecule is CCOC(=O)/C(C#N)=C/C(C#N)=C(/N)N1CCCC1. The Morgan fingerprint density at radius 1 is 1.37 bits per heavy atom. The number of nitriles is 2. The van der Waals surface area contributed by atoms with E-state index in [1.807, 2.05) is 11.0 Å². The first-order chi connectivity index (χ1) is 9.13. The van der Waals surface area contributed by atoms with Crippen molar-refractivity contribution in [3.05, 3.63) is 23.0 Å². The Balaban J connectivity index is 3.02. The van der Waals surface area contributed by atoms with E-state index in [1.54, 1.807) is 13.0 Å². The summed E-state index contributed by atoms with van der Waals surface area (Å²) in [4.78, 5) is 13.3. The molecule has 0 saturated carbocycles. The molecule has 1 rings (SSSR count). The van der Waals surface area contributed by atoms with Crippen molar-refractivity contribution in [3.63, 3.8) is 0 Å². The van der Waals surface area contributed by atoms with Crippen LogP contribution in [-0.4, -0.2) is 30.6 Å². The van der Waals surface area contributed by atoms with Gasteiger partial charge in [-0.3, -0.25) is 0 Å². The van der Waals surface area contributed by atoms with E-state index < -0.39 is 5.97 Å². The number of nitrogens with two attached hydrogens (primary N) is 1. The molecule has 6 nitrogen and oxygen atoms in total. The lowest BCUT2D eigenvalue weighted by molar-refractivity contribution is -0.138. The average molecular weight is 260 g/mol. The second-order valence-electron chi connectivity index (χ2n) is 4.00. The van der Waals surface area contributed by atoms with Gasteiger partial charge >= 0.3 is 5.97 Å². The van der Waals surface area contributed by atoms with Gasteiger partial charge in [-0.1, -0.05) is 0 Å². The summed E-state index contributed by atoms with van der Waals surface area (Å²) in [5, 5.41) is 18.0. The van der Waals surface area contributed by atoms with Crippen LogP contribution in [0.2, 0.25) is 0 Å². The highest BCUT2D eigenvalue weighted by molar-refractivity contribution is 5.93. The van der Waals surface area contributed by atoms with Crippen LogP contribution in [0.15, 0.2) is 23.0 Å². The molecule has 1 saturated heterocycles. The monoisotopic (exact) mass is 260 g/mol. The van der Waals surface area contributed by atoms with Crippen LogP contribution in [0, 0.1) is 22.7 Å². The van der Waals surface area contributed by atoms with Gasteiger partial charge in [0, 0.05) is 13.1 Å². The van der Waals surface area contributed by atoms with Gasteiger partial charge in [-0.05, 0) is 25.8 Å². The van der Waals surface area contributed by atoms with Crippen molar-refractivity contribution in [2.45, 2.75) is 19.8 Å². The summed E-state index contributed by atoms with van der Waals surface area (Å²) in [6, 6.07) is 3.64. The second kappa shape index (κ2) is 7.07. The third kappa shape index (κ3) is 3.75. The minimum atomic E-state index is -0.744. The minimum Gasteiger partial charge on any atom is -0.462 e. The fraction of sp³-hybridized carbons (Fsp3) is 0.462. The Morgan fingerprint density at radius 2 is 2.00 bits per heavy atom. The van der Waals surface area contributed by atoms with Crippen LogP contribution in [0.5, 0.6) is 0 Å². The first-order valence-corrected chi connectivity index (χ1v) is 6.07. The molecule has 100 valence electrons. The summed E-state index contributed by atoms with van der Waals surface area (Å²) < 4.78 is 4.73. The quantitative estimate of drug-likeness (QED) is 0.347. The lowest BCUT2D eigenvalue weighted by Crippen LogP contribution is -2.25. The Kier molecular flexibility index (Phi) is 5.43. The molecule has 0 spiro atoms. The van der Waals surface area contributed by atoms with E-state index in [0.29, 0.717) is 5.82 Å². The maximum atomic E-state index is 11.5. The molecule has 1 aliphatic rings. The number of allylic oxidation sites excluding steroid dienone is 2. The van der Waals surface area contributed by atoms with Gasteiger partial charge in [0.2, 0.25) is 0 Å². The molecule has 0 atom stereocenters. The van der Waals surface area contributed by atoms with Crippen molar-refractivity contribution in [1.29, 1.82) is 10.5 Å². The number of carbonyl (C=O) groups is 1. The largest absolute Gasteiger partial charge is 0.462 e. The molecule has 0 unspecified atom stereocenters. The number of carbonyl (C=O) groups excluding carboxylic acids is 1. The molecule has 0 aromatic carbocycles. The van der Waals surface area contributed by atoms with E-state index in [2.05, 4.69) is 0 Å². The first-order valence-electron chi connectivity index (χ1n) is 6.07. The van der Waals surface area contributed by atoms with Gasteiger partial charge in [-0.25, -0.2) is 4.79 Å². The fourth-order valence-corrected chi connectivity index (χ4v) is 1.78. The van der Waals surface area contributed by atoms with E-state index in [0.717, 1.165) is 25.9 Å². The third-order valence-electron chi connectivity index (χ3n) is 2.75. The topological polar surface area (TPSA) is 103 Å². The Morgan fingerprint density at radius 3 is 2.47 bits per heavy atom. The third-order valence-corrected chi connectivity index (χ3v) is 2.75. The van der Waals surface area contributed by atoms with Gasteiger partial charge < -0.3 is 15.4 Å². The number of ether oxygens (including phenoxy) is 1. The summed E-state index contributed by atoms with van der Waals surface area (Å²) in [5.74, 6) is -0.441. The fourth-order valence-electron chi connectivity index (χ4n) is 1.78. The molecular weight excluding hydrogens is 244 g/mol. The minimum absolute atomic E-state index is 0.117. The van der Waals surface area contributed by atoms with Crippen LogP contribution >= 0.6 is 0 Å². The average Bonchev–Trinajstić information content (AvgIpc) is 2.93. The molecule has 0 aliphatic carbocycles. The Labute approximate surface area is 112 Å². The Hall–Kier alpha value is -2.47. The highest BCUT2D eigenvalue weighted by Gasteiger charge is 2.17. The standard InChI is InChI=1S/C13H16N4O2/c1-2-19-13(18)11(9-15)7-10(8-14)12(16)17-5-3-4-6-17/h7H,2-6,16H2,1H3/b11-7+,12-10+. The molecule has 19 heavy (non-hydrogen) atoms. The lowest BCUT2D eigenvalue weighted by atomic mass is 10.1. The molecule has 0 aromatic rings. The highest BCUT2D eigenvalue weighted by Crippen LogP contribution is 2.15. The predicted molar refractivity (Wildman–Crippen MR) is 68.0 cm³/mol. The van der Waals surface area contributed by atoms with Crippen LogP contribution in [0.3, 0.4) is 0 Å². The van der Waals surface area contributed by atoms with E-state index >= 15 is 0 Å². The summed E-state index contributed by atoms with van der Waals surface area (Å²) in [7, 11) is 0. The molecule has 1 fully saturated rings. The normalized spacial score (nSPS) is 16.4. The lowest BCUT2D eigenvalue weighted by Gasteiger charge is -2.18. The van der Waals surface area contributed by atoms with Crippen molar-refractivity contribution >= 4 is 5.97 Å². The van der Waals surface area contributed by atoms with Crippen molar-refractivity contribution in [3.8, 4) is 12.1 Å². The smallest absolute Gasteiger partial charge is 0.348 e. The van der Waals surface area contributed by atoms with Gasteiger partial charge in [0.05, 0.1) is 12.2 Å². The molecular formula is C13H16N4O2. The van der Waals surface area contributed by atoms with Gasteiger partial charge in [-0.15, -0.1) is 0 Å². The van der Waals surface area contributed by atoms with Crippen molar-refractivity contribution in [1.82, 2.24) is 4.90 Å². The highest BCUT2D eigenvalue weighted by atomic mass is 16.5. The van der Waals surface area contributed by atoms with E-state index in [4.69, 9.17) is 21.0 Å². The zero-order valence-corrected chi connectivity index (χ0v) is 10.8. The number of nitrogens with zero attached hydrogens (tertiary/aromatic N) is 3. The van der Waals surface area contributed by atoms with Gasteiger partial charge in [-0.2, -0.15) is 10.5 Å². The van der Waals surface area contributed by atoms with Crippen molar-refractivity contribution in [2.75, 3.05) is 19.7 Å². The zero-order valence-electron chi connectivity index (χ0n) is 10.8. The maximum Gasteiger partial charge on any atom is 0.348 e. The van der Waals surface area contributed by atoms with Crippen molar-refractivity contribution < 1.29 is 9.53 Å². The molecule has 0 radical (unpaired) electrons. The summed E-state index contributed by atoms with van der Waals surface area (Å²) in [6.07, 6.45) is 3.23. The van der Waals surface area contributed by atoms with Crippen LogP contribution in [-0.2, 0) is 9.53 Å². The molecule has 1 aliphatic heterocycles. The summed E-state index contributed by atoms with van der Waals surface area (Å²) in [6.45, 7) is 3.38. The maximum absolute atomic E-state index is 11.5. The number of hydrogen-bond donors (Lipinski definition) is 1. The summed E-state index contributed by atoms with van der Waals surface area (Å²) in [5.41, 5.74) is 5.78. The molecule has 0 amide bonds. The molecule has 0 aromatic heterocycles. The summed E-state index contributed by atoms with van der Waals surface area (Å²) >= 11 is 0. The van der Waals surface area contributed by atoms with Crippen LogP contribution in [0.25, 0.3) is 0 Å². The van der Waals surface area contributed by atoms with Gasteiger partial charge in [0.1, 0.15) is 23.5 Å². The first kappa shape index (κ1) is 14.6. The number of esters is 1. The van der Waals surface area contributed by atoms with Gasteiger partial charge in [0.25, 0.3) is 0 Å². The van der Waals surface area contributed by atoms with Crippen LogP contribution in [0.4, 0.5) is 0 Å². The number of likely N-dealkylation sites (tertiary alicyclic amines) is 1. The van der Waals surface area contributed by atoms with E-state index in [1.165, 1.54) is 6.08 Å². The molecule has 2 N–H and O–H groups in total.